The number of aliphatic hydroxyl groups excluding tert-OH is 1. The van der Waals surface area contributed by atoms with Crippen LogP contribution in [-0.2, 0) is 11.0 Å². The van der Waals surface area contributed by atoms with Gasteiger partial charge in [0.15, 0.2) is 0 Å². The number of benzene rings is 2. The van der Waals surface area contributed by atoms with Gasteiger partial charge in [0.05, 0.1) is 5.56 Å². The zero-order chi connectivity index (χ0) is 19.2. The molecule has 140 valence electrons. The molecule has 0 fully saturated rings. The third kappa shape index (κ3) is 5.64. The molecule has 1 unspecified atom stereocenters. The second-order valence-electron chi connectivity index (χ2n) is 5.44. The Labute approximate surface area is 153 Å². The molecule has 0 heterocycles. The van der Waals surface area contributed by atoms with E-state index in [-0.39, 0.29) is 18.9 Å². The van der Waals surface area contributed by atoms with Crippen molar-refractivity contribution >= 4 is 17.5 Å². The number of ether oxygens (including phenoxy) is 1. The van der Waals surface area contributed by atoms with Crippen molar-refractivity contribution < 1.29 is 27.8 Å². The molecule has 2 rings (SSSR count). The lowest BCUT2D eigenvalue weighted by Gasteiger charge is -2.20. The van der Waals surface area contributed by atoms with Crippen molar-refractivity contribution in [1.29, 1.82) is 0 Å². The highest BCUT2D eigenvalue weighted by Gasteiger charge is 2.31. The molecule has 26 heavy (non-hydrogen) atoms. The third-order valence-corrected chi connectivity index (χ3v) is 3.71. The lowest BCUT2D eigenvalue weighted by Crippen LogP contribution is -2.33. The van der Waals surface area contributed by atoms with Crippen LogP contribution < -0.4 is 10.1 Å². The van der Waals surface area contributed by atoms with E-state index in [1.165, 1.54) is 12.1 Å². The van der Waals surface area contributed by atoms with Gasteiger partial charge in [-0.25, -0.2) is 0 Å². The normalized spacial score (nSPS) is 12.5. The van der Waals surface area contributed by atoms with Crippen LogP contribution in [0.5, 0.6) is 5.75 Å². The molecule has 0 saturated carbocycles. The highest BCUT2D eigenvalue weighted by Crippen LogP contribution is 2.32. The van der Waals surface area contributed by atoms with E-state index in [4.69, 9.17) is 21.4 Å². The molecule has 0 saturated heterocycles. The van der Waals surface area contributed by atoms with Gasteiger partial charge < -0.3 is 15.2 Å². The lowest BCUT2D eigenvalue weighted by molar-refractivity contribution is -0.137. The second-order valence-corrected chi connectivity index (χ2v) is 5.88. The van der Waals surface area contributed by atoms with Crippen molar-refractivity contribution in [1.82, 2.24) is 5.32 Å². The summed E-state index contributed by atoms with van der Waals surface area (Å²) in [5, 5.41) is 11.8. The van der Waals surface area contributed by atoms with Gasteiger partial charge in [0.1, 0.15) is 5.75 Å². The van der Waals surface area contributed by atoms with Crippen LogP contribution in [0, 0.1) is 0 Å². The number of alkyl halides is 3. The Kier molecular flexibility index (Phi) is 6.88. The Bertz CT molecular complexity index is 735. The van der Waals surface area contributed by atoms with Crippen molar-refractivity contribution in [3.63, 3.8) is 0 Å². The Balaban J connectivity index is 2.26. The lowest BCUT2D eigenvalue weighted by atomic mass is 10.1. The van der Waals surface area contributed by atoms with Crippen LogP contribution in [0.3, 0.4) is 0 Å². The van der Waals surface area contributed by atoms with Gasteiger partial charge in [0, 0.05) is 23.7 Å². The summed E-state index contributed by atoms with van der Waals surface area (Å²) in [5.74, 6) is -0.615. The highest BCUT2D eigenvalue weighted by molar-refractivity contribution is 6.30. The minimum atomic E-state index is -4.52. The van der Waals surface area contributed by atoms with Gasteiger partial charge >= 0.3 is 6.18 Å². The first-order chi connectivity index (χ1) is 12.3. The predicted octanol–water partition coefficient (Wildman–Crippen LogP) is 3.98. The molecule has 2 aromatic rings. The summed E-state index contributed by atoms with van der Waals surface area (Å²) in [4.78, 5) is 12.4. The topological polar surface area (TPSA) is 58.6 Å². The molecule has 0 aromatic heterocycles. The Morgan fingerprint density at radius 1 is 1.19 bits per heavy atom. The van der Waals surface area contributed by atoms with Crippen molar-refractivity contribution in [2.24, 2.45) is 0 Å². The number of halogens is 4. The van der Waals surface area contributed by atoms with Crippen LogP contribution in [0.4, 0.5) is 13.2 Å². The predicted molar refractivity (Wildman–Crippen MR) is 91.0 cm³/mol. The Morgan fingerprint density at radius 2 is 1.88 bits per heavy atom. The molecule has 2 aromatic carbocycles. The molecule has 0 spiro atoms. The van der Waals surface area contributed by atoms with Gasteiger partial charge in [-0.1, -0.05) is 29.8 Å². The fourth-order valence-corrected chi connectivity index (χ4v) is 2.30. The first-order valence-corrected chi connectivity index (χ1v) is 8.17. The van der Waals surface area contributed by atoms with Crippen LogP contribution in [0.15, 0.2) is 48.5 Å². The van der Waals surface area contributed by atoms with Crippen molar-refractivity contribution in [2.75, 3.05) is 13.2 Å². The molecule has 0 radical (unpaired) electrons. The standard InChI is InChI=1S/C18H17ClF3NO3/c19-14-7-5-12(6-8-14)16(17(25)23-9-2-10-24)26-15-4-1-3-13(11-15)18(20,21)22/h1,3-8,11,16,24H,2,9-10H2,(H,23,25). The molecule has 2 N–H and O–H groups in total. The fraction of sp³-hybridized carbons (Fsp3) is 0.278. The van der Waals surface area contributed by atoms with E-state index in [9.17, 15) is 18.0 Å². The molecule has 0 aliphatic heterocycles. The van der Waals surface area contributed by atoms with Gasteiger partial charge in [0.2, 0.25) is 6.10 Å². The summed E-state index contributed by atoms with van der Waals surface area (Å²) in [7, 11) is 0. The van der Waals surface area contributed by atoms with Crippen LogP contribution in [-0.4, -0.2) is 24.2 Å². The fourth-order valence-electron chi connectivity index (χ4n) is 2.18. The molecule has 1 atom stereocenters. The average Bonchev–Trinajstić information content (AvgIpc) is 2.60. The van der Waals surface area contributed by atoms with Gasteiger partial charge in [-0.3, -0.25) is 4.79 Å². The average molecular weight is 388 g/mol. The Morgan fingerprint density at radius 3 is 2.50 bits per heavy atom. The highest BCUT2D eigenvalue weighted by atomic mass is 35.5. The summed E-state index contributed by atoms with van der Waals surface area (Å²) >= 11 is 5.84. The maximum absolute atomic E-state index is 12.9. The number of carbonyl (C=O) groups is 1. The zero-order valence-electron chi connectivity index (χ0n) is 13.6. The molecular weight excluding hydrogens is 371 g/mol. The maximum atomic E-state index is 12.9. The molecule has 1 amide bonds. The quantitative estimate of drug-likeness (QED) is 0.706. The zero-order valence-corrected chi connectivity index (χ0v) is 14.3. The number of rotatable bonds is 7. The summed E-state index contributed by atoms with van der Waals surface area (Å²) in [5.41, 5.74) is -0.432. The SMILES string of the molecule is O=C(NCCCO)C(Oc1cccc(C(F)(F)F)c1)c1ccc(Cl)cc1. The van der Waals surface area contributed by atoms with E-state index < -0.39 is 23.8 Å². The molecule has 8 heteroatoms. The first-order valence-electron chi connectivity index (χ1n) is 7.79. The van der Waals surface area contributed by atoms with E-state index in [0.29, 0.717) is 17.0 Å². The number of nitrogens with one attached hydrogen (secondary N) is 1. The molecule has 0 bridgehead atoms. The summed E-state index contributed by atoms with van der Waals surface area (Å²) in [6.07, 6.45) is -5.32. The molecule has 0 aliphatic carbocycles. The van der Waals surface area contributed by atoms with Crippen LogP contribution in [0.1, 0.15) is 23.7 Å². The summed E-state index contributed by atoms with van der Waals surface area (Å²) in [6.45, 7) is 0.117. The molecular formula is C18H17ClF3NO3. The largest absolute Gasteiger partial charge is 0.476 e. The second kappa shape index (κ2) is 8.91. The molecule has 4 nitrogen and oxygen atoms in total. The van der Waals surface area contributed by atoms with Crippen molar-refractivity contribution in [3.8, 4) is 5.75 Å². The monoisotopic (exact) mass is 387 g/mol. The minimum Gasteiger partial charge on any atom is -0.476 e. The van der Waals surface area contributed by atoms with E-state index >= 15 is 0 Å². The number of hydrogen-bond acceptors (Lipinski definition) is 3. The number of hydrogen-bond donors (Lipinski definition) is 2. The third-order valence-electron chi connectivity index (χ3n) is 3.46. The smallest absolute Gasteiger partial charge is 0.416 e. The number of carbonyl (C=O) groups excluding carboxylic acids is 1. The minimum absolute atomic E-state index is 0.0860. The number of aliphatic hydroxyl groups is 1. The van der Waals surface area contributed by atoms with Crippen LogP contribution >= 0.6 is 11.6 Å². The van der Waals surface area contributed by atoms with E-state index in [0.717, 1.165) is 12.1 Å². The Hall–Kier alpha value is -2.25. The van der Waals surface area contributed by atoms with E-state index in [2.05, 4.69) is 5.32 Å². The number of amides is 1. The van der Waals surface area contributed by atoms with Gasteiger partial charge in [-0.05, 0) is 36.8 Å². The maximum Gasteiger partial charge on any atom is 0.416 e. The summed E-state index contributed by atoms with van der Waals surface area (Å²) < 4.78 is 44.1. The van der Waals surface area contributed by atoms with Crippen molar-refractivity contribution in [2.45, 2.75) is 18.7 Å². The van der Waals surface area contributed by atoms with Gasteiger partial charge in [-0.15, -0.1) is 0 Å². The van der Waals surface area contributed by atoms with Gasteiger partial charge in [-0.2, -0.15) is 13.2 Å². The van der Waals surface area contributed by atoms with Crippen molar-refractivity contribution in [3.05, 3.63) is 64.7 Å². The van der Waals surface area contributed by atoms with E-state index in [1.807, 2.05) is 0 Å². The van der Waals surface area contributed by atoms with Crippen LogP contribution in [0.25, 0.3) is 0 Å². The summed E-state index contributed by atoms with van der Waals surface area (Å²) in [6, 6.07) is 10.6. The first kappa shape index (κ1) is 20.1. The molecule has 0 aliphatic rings. The van der Waals surface area contributed by atoms with Crippen LogP contribution in [0.2, 0.25) is 5.02 Å². The van der Waals surface area contributed by atoms with Gasteiger partial charge in [0.25, 0.3) is 5.91 Å². The van der Waals surface area contributed by atoms with E-state index in [1.54, 1.807) is 24.3 Å².